The number of hydrogen-bond donors (Lipinski definition) is 2. The van der Waals surface area contributed by atoms with Gasteiger partial charge in [-0.15, -0.1) is 35.3 Å². The molecule has 0 unspecified atom stereocenters. The van der Waals surface area contributed by atoms with Crippen molar-refractivity contribution in [2.75, 3.05) is 52.4 Å². The van der Waals surface area contributed by atoms with E-state index in [1.165, 1.54) is 9.88 Å². The van der Waals surface area contributed by atoms with Gasteiger partial charge in [0.05, 0.1) is 17.2 Å². The van der Waals surface area contributed by atoms with Crippen molar-refractivity contribution in [1.82, 2.24) is 25.4 Å². The van der Waals surface area contributed by atoms with Crippen LogP contribution in [0.25, 0.3) is 0 Å². The van der Waals surface area contributed by atoms with E-state index in [9.17, 15) is 4.79 Å². The summed E-state index contributed by atoms with van der Waals surface area (Å²) in [5.41, 5.74) is 1.13. The van der Waals surface area contributed by atoms with Gasteiger partial charge in [-0.1, -0.05) is 0 Å². The monoisotopic (exact) mass is 508 g/mol. The molecule has 1 saturated heterocycles. The predicted octanol–water partition coefficient (Wildman–Crippen LogP) is 1.64. The zero-order valence-corrected chi connectivity index (χ0v) is 20.0. The first kappa shape index (κ1) is 24.1. The van der Waals surface area contributed by atoms with E-state index in [1.54, 1.807) is 18.3 Å². The average molecular weight is 508 g/mol. The van der Waals surface area contributed by atoms with Crippen LogP contribution < -0.4 is 10.6 Å². The minimum absolute atomic E-state index is 0. The molecule has 1 aliphatic rings. The largest absolute Gasteiger partial charge is 0.357 e. The number of aliphatic imine (C=N–C) groups is 1. The number of halogens is 1. The molecule has 2 heterocycles. The van der Waals surface area contributed by atoms with Crippen LogP contribution in [0, 0.1) is 13.8 Å². The molecule has 2 N–H and O–H groups in total. The van der Waals surface area contributed by atoms with Crippen molar-refractivity contribution < 1.29 is 4.79 Å². The molecule has 1 aliphatic heterocycles. The molecular weight excluding hydrogens is 475 g/mol. The molecule has 1 aromatic rings. The Balaban J connectivity index is 0.00000364. The second-order valence-electron chi connectivity index (χ2n) is 6.53. The van der Waals surface area contributed by atoms with Gasteiger partial charge in [0.1, 0.15) is 0 Å². The molecule has 27 heavy (non-hydrogen) atoms. The normalized spacial score (nSPS) is 15.4. The fraction of sp³-hybridized carbons (Fsp3) is 0.722. The first-order valence-corrected chi connectivity index (χ1v) is 10.2. The van der Waals surface area contributed by atoms with Gasteiger partial charge in [0, 0.05) is 64.0 Å². The van der Waals surface area contributed by atoms with Gasteiger partial charge < -0.3 is 15.5 Å². The fourth-order valence-electron chi connectivity index (χ4n) is 2.87. The van der Waals surface area contributed by atoms with Gasteiger partial charge in [0.25, 0.3) is 0 Å². The van der Waals surface area contributed by atoms with Crippen molar-refractivity contribution in [2.45, 2.75) is 34.1 Å². The van der Waals surface area contributed by atoms with E-state index in [2.05, 4.69) is 46.3 Å². The molecule has 1 aromatic heterocycles. The Hall–Kier alpha value is -0.940. The Kier molecular flexibility index (Phi) is 11.2. The van der Waals surface area contributed by atoms with E-state index in [-0.39, 0.29) is 29.9 Å². The van der Waals surface area contributed by atoms with E-state index < -0.39 is 0 Å². The molecule has 0 atom stereocenters. The zero-order valence-electron chi connectivity index (χ0n) is 16.9. The molecule has 1 fully saturated rings. The molecule has 7 nitrogen and oxygen atoms in total. The van der Waals surface area contributed by atoms with E-state index in [0.29, 0.717) is 0 Å². The minimum atomic E-state index is 0. The van der Waals surface area contributed by atoms with Crippen LogP contribution in [-0.2, 0) is 11.2 Å². The van der Waals surface area contributed by atoms with E-state index in [1.807, 2.05) is 4.90 Å². The van der Waals surface area contributed by atoms with Crippen LogP contribution in [0.4, 0.5) is 0 Å². The number of nitrogens with zero attached hydrogens (tertiary/aromatic N) is 4. The summed E-state index contributed by atoms with van der Waals surface area (Å²) in [5.74, 6) is 1.03. The lowest BCUT2D eigenvalue weighted by molar-refractivity contribution is -0.130. The summed E-state index contributed by atoms with van der Waals surface area (Å²) in [4.78, 5) is 26.2. The van der Waals surface area contributed by atoms with Crippen LogP contribution >= 0.6 is 35.3 Å². The molecule has 0 radical (unpaired) electrons. The molecular formula is C18H33IN6OS. The Morgan fingerprint density at radius 1 is 1.22 bits per heavy atom. The van der Waals surface area contributed by atoms with Gasteiger partial charge >= 0.3 is 0 Å². The van der Waals surface area contributed by atoms with E-state index >= 15 is 0 Å². The lowest BCUT2D eigenvalue weighted by atomic mass is 10.3. The van der Waals surface area contributed by atoms with Crippen molar-refractivity contribution >= 4 is 47.2 Å². The lowest BCUT2D eigenvalue weighted by Crippen LogP contribution is -2.48. The topological polar surface area (TPSA) is 72.9 Å². The van der Waals surface area contributed by atoms with Crippen LogP contribution in [0.15, 0.2) is 4.99 Å². The number of thiazole rings is 1. The third kappa shape index (κ3) is 8.30. The molecule has 0 saturated carbocycles. The van der Waals surface area contributed by atoms with Gasteiger partial charge in [0.2, 0.25) is 5.91 Å². The van der Waals surface area contributed by atoms with Gasteiger partial charge in [-0.3, -0.25) is 14.7 Å². The van der Waals surface area contributed by atoms with E-state index in [0.717, 1.165) is 70.4 Å². The third-order valence-electron chi connectivity index (χ3n) is 4.55. The van der Waals surface area contributed by atoms with Crippen molar-refractivity contribution in [2.24, 2.45) is 4.99 Å². The number of rotatable bonds is 7. The molecule has 0 aliphatic carbocycles. The lowest BCUT2D eigenvalue weighted by Gasteiger charge is -2.33. The smallest absolute Gasteiger partial charge is 0.219 e. The van der Waals surface area contributed by atoms with Crippen molar-refractivity contribution in [3.8, 4) is 0 Å². The average Bonchev–Trinajstić information content (AvgIpc) is 2.93. The number of hydrogen-bond acceptors (Lipinski definition) is 5. The van der Waals surface area contributed by atoms with Crippen LogP contribution in [0.2, 0.25) is 0 Å². The van der Waals surface area contributed by atoms with Gasteiger partial charge in [-0.25, -0.2) is 4.98 Å². The number of aryl methyl sites for hydroxylation is 2. The first-order chi connectivity index (χ1) is 12.5. The second-order valence-corrected chi connectivity index (χ2v) is 7.82. The quantitative estimate of drug-likeness (QED) is 0.333. The highest BCUT2D eigenvalue weighted by atomic mass is 127. The highest BCUT2D eigenvalue weighted by molar-refractivity contribution is 14.0. The summed E-state index contributed by atoms with van der Waals surface area (Å²) < 4.78 is 0. The summed E-state index contributed by atoms with van der Waals surface area (Å²) in [7, 11) is 0. The van der Waals surface area contributed by atoms with Crippen molar-refractivity contribution in [3.05, 3.63) is 15.6 Å². The maximum absolute atomic E-state index is 11.4. The van der Waals surface area contributed by atoms with Crippen LogP contribution in [0.3, 0.4) is 0 Å². The molecule has 0 spiro atoms. The van der Waals surface area contributed by atoms with Gasteiger partial charge in [-0.05, 0) is 20.8 Å². The summed E-state index contributed by atoms with van der Waals surface area (Å²) in [5, 5.41) is 7.86. The maximum Gasteiger partial charge on any atom is 0.219 e. The molecule has 0 bridgehead atoms. The number of carbonyl (C=O) groups is 1. The van der Waals surface area contributed by atoms with Crippen LogP contribution in [0.5, 0.6) is 0 Å². The number of carbonyl (C=O) groups excluding carboxylic acids is 1. The van der Waals surface area contributed by atoms with Crippen molar-refractivity contribution in [1.29, 1.82) is 0 Å². The summed E-state index contributed by atoms with van der Waals surface area (Å²) >= 11 is 1.77. The predicted molar refractivity (Wildman–Crippen MR) is 123 cm³/mol. The van der Waals surface area contributed by atoms with Crippen LogP contribution in [0.1, 0.15) is 29.4 Å². The number of nitrogens with one attached hydrogen (secondary N) is 2. The third-order valence-corrected chi connectivity index (χ3v) is 5.68. The van der Waals surface area contributed by atoms with Gasteiger partial charge in [0.15, 0.2) is 5.96 Å². The standard InChI is InChI=1S/C18H32N6OS.HI/c1-5-19-18(20-7-6-17-22-14(2)15(3)26-17)21-8-9-23-10-12-24(13-11-23)16(4)25;/h5-13H2,1-4H3,(H2,19,20,21);1H. The molecule has 0 aromatic carbocycles. The SMILES string of the molecule is CCNC(=NCCN1CCN(C(C)=O)CC1)NCCc1nc(C)c(C)s1.I. The Morgan fingerprint density at radius 2 is 1.93 bits per heavy atom. The highest BCUT2D eigenvalue weighted by Gasteiger charge is 2.17. The molecule has 154 valence electrons. The Bertz CT molecular complexity index is 593. The Labute approximate surface area is 184 Å². The maximum atomic E-state index is 11.4. The van der Waals surface area contributed by atoms with Crippen molar-refractivity contribution in [3.63, 3.8) is 0 Å². The molecule has 1 amide bonds. The number of aromatic nitrogens is 1. The summed E-state index contributed by atoms with van der Waals surface area (Å²) in [6.07, 6.45) is 0.913. The zero-order chi connectivity index (χ0) is 18.9. The fourth-order valence-corrected chi connectivity index (χ4v) is 3.80. The summed E-state index contributed by atoms with van der Waals surface area (Å²) in [6.45, 7) is 14.8. The number of piperazine rings is 1. The molecule has 2 rings (SSSR count). The van der Waals surface area contributed by atoms with E-state index in [4.69, 9.17) is 0 Å². The number of guanidine groups is 1. The molecule has 9 heteroatoms. The number of amides is 1. The van der Waals surface area contributed by atoms with Crippen LogP contribution in [-0.4, -0.2) is 79.0 Å². The Morgan fingerprint density at radius 3 is 2.48 bits per heavy atom. The minimum Gasteiger partial charge on any atom is -0.357 e. The highest BCUT2D eigenvalue weighted by Crippen LogP contribution is 2.16. The summed E-state index contributed by atoms with van der Waals surface area (Å²) in [6, 6.07) is 0. The first-order valence-electron chi connectivity index (χ1n) is 9.42. The second kappa shape index (κ2) is 12.5. The van der Waals surface area contributed by atoms with Gasteiger partial charge in [-0.2, -0.15) is 0 Å².